The van der Waals surface area contributed by atoms with Crippen molar-refractivity contribution in [2.24, 2.45) is 0 Å². The van der Waals surface area contributed by atoms with E-state index in [0.29, 0.717) is 25.3 Å². The van der Waals surface area contributed by atoms with E-state index in [4.69, 9.17) is 9.15 Å². The molecule has 6 nitrogen and oxygen atoms in total. The molecule has 2 unspecified atom stereocenters. The Morgan fingerprint density at radius 3 is 2.62 bits per heavy atom. The molecule has 2 rings (SSSR count). The van der Waals surface area contributed by atoms with Crippen molar-refractivity contribution in [1.82, 2.24) is 10.0 Å². The summed E-state index contributed by atoms with van der Waals surface area (Å²) in [4.78, 5) is 0. The number of sulfonamides is 1. The summed E-state index contributed by atoms with van der Waals surface area (Å²) in [5.74, 6) is 0.598. The van der Waals surface area contributed by atoms with Gasteiger partial charge in [0.2, 0.25) is 5.09 Å². The number of hydrogen-bond donors (Lipinski definition) is 2. The van der Waals surface area contributed by atoms with Crippen LogP contribution in [0.3, 0.4) is 0 Å². The highest BCUT2D eigenvalue weighted by atomic mass is 32.2. The molecule has 1 aliphatic heterocycles. The van der Waals surface area contributed by atoms with Gasteiger partial charge in [-0.1, -0.05) is 0 Å². The van der Waals surface area contributed by atoms with Gasteiger partial charge in [-0.05, 0) is 46.2 Å². The summed E-state index contributed by atoms with van der Waals surface area (Å²) in [7, 11) is -3.63. The normalized spacial score (nSPS) is 23.6. The Bertz CT molecular complexity index is 574. The van der Waals surface area contributed by atoms with E-state index >= 15 is 0 Å². The van der Waals surface area contributed by atoms with Crippen LogP contribution in [0.25, 0.3) is 0 Å². The van der Waals surface area contributed by atoms with Crippen molar-refractivity contribution in [3.63, 3.8) is 0 Å². The predicted octanol–water partition coefficient (Wildman–Crippen LogP) is 1.62. The minimum absolute atomic E-state index is 0.0488. The van der Waals surface area contributed by atoms with Gasteiger partial charge in [0.05, 0.1) is 18.7 Å². The lowest BCUT2D eigenvalue weighted by Crippen LogP contribution is -2.39. The molecule has 0 aliphatic carbocycles. The number of rotatable bonds is 5. The highest BCUT2D eigenvalue weighted by Crippen LogP contribution is 2.19. The first-order chi connectivity index (χ1) is 9.67. The van der Waals surface area contributed by atoms with E-state index < -0.39 is 10.0 Å². The summed E-state index contributed by atoms with van der Waals surface area (Å²) in [5.41, 5.74) is -0.0549. The summed E-state index contributed by atoms with van der Waals surface area (Å²) < 4.78 is 38.0. The number of hydrogen-bond acceptors (Lipinski definition) is 5. The maximum Gasteiger partial charge on any atom is 0.274 e. The second-order valence-electron chi connectivity index (χ2n) is 6.42. The summed E-state index contributed by atoms with van der Waals surface area (Å²) in [6.45, 7) is 9.04. The first-order valence-electron chi connectivity index (χ1n) is 7.15. The molecule has 0 aromatic carbocycles. The molecule has 2 N–H and O–H groups in total. The van der Waals surface area contributed by atoms with Crippen LogP contribution < -0.4 is 10.0 Å². The van der Waals surface area contributed by atoms with Crippen molar-refractivity contribution in [2.75, 3.05) is 6.61 Å². The van der Waals surface area contributed by atoms with Crippen LogP contribution in [0.5, 0.6) is 0 Å². The first-order valence-corrected chi connectivity index (χ1v) is 8.63. The van der Waals surface area contributed by atoms with E-state index in [1.807, 2.05) is 27.7 Å². The quantitative estimate of drug-likeness (QED) is 0.863. The molecule has 0 bridgehead atoms. The molecule has 7 heteroatoms. The fraction of sp³-hybridized carbons (Fsp3) is 0.714. The molecule has 21 heavy (non-hydrogen) atoms. The van der Waals surface area contributed by atoms with Gasteiger partial charge >= 0.3 is 0 Å². The number of ether oxygens (including phenoxy) is 1. The largest absolute Gasteiger partial charge is 0.447 e. The van der Waals surface area contributed by atoms with Gasteiger partial charge in [0.15, 0.2) is 0 Å². The number of furan rings is 1. The fourth-order valence-electron chi connectivity index (χ4n) is 2.09. The topological polar surface area (TPSA) is 80.6 Å². The standard InChI is InChI=1S/C14H24N2O4S/c1-10-12(7-8-19-10)16-21(17,18)13-6-5-11(20-13)9-15-14(2,3)4/h5-6,10,12,15-16H,7-9H2,1-4H3. The van der Waals surface area contributed by atoms with Gasteiger partial charge in [-0.3, -0.25) is 0 Å². The van der Waals surface area contributed by atoms with Crippen LogP contribution in [0.2, 0.25) is 0 Å². The van der Waals surface area contributed by atoms with Crippen LogP contribution in [0.4, 0.5) is 0 Å². The van der Waals surface area contributed by atoms with Crippen molar-refractivity contribution < 1.29 is 17.6 Å². The zero-order valence-corrected chi connectivity index (χ0v) is 13.8. The van der Waals surface area contributed by atoms with Crippen molar-refractivity contribution in [2.45, 2.75) is 63.4 Å². The van der Waals surface area contributed by atoms with Crippen LogP contribution in [-0.2, 0) is 21.3 Å². The molecule has 1 fully saturated rings. The summed E-state index contributed by atoms with van der Waals surface area (Å²) in [5, 5.41) is 3.21. The summed E-state index contributed by atoms with van der Waals surface area (Å²) in [6, 6.07) is 2.97. The van der Waals surface area contributed by atoms with Gasteiger partial charge in [-0.2, -0.15) is 0 Å². The maximum absolute atomic E-state index is 12.3. The lowest BCUT2D eigenvalue weighted by atomic mass is 10.1. The van der Waals surface area contributed by atoms with Crippen LogP contribution in [0.1, 0.15) is 39.9 Å². The highest BCUT2D eigenvalue weighted by molar-refractivity contribution is 7.89. The van der Waals surface area contributed by atoms with E-state index in [-0.39, 0.29) is 22.8 Å². The Balaban J connectivity index is 2.02. The molecule has 0 spiro atoms. The maximum atomic E-state index is 12.3. The van der Waals surface area contributed by atoms with Gasteiger partial charge in [-0.15, -0.1) is 0 Å². The smallest absolute Gasteiger partial charge is 0.274 e. The van der Waals surface area contributed by atoms with Crippen LogP contribution in [-0.4, -0.2) is 32.7 Å². The average molecular weight is 316 g/mol. The van der Waals surface area contributed by atoms with E-state index in [1.165, 1.54) is 6.07 Å². The Labute approximate surface area is 126 Å². The van der Waals surface area contributed by atoms with E-state index in [0.717, 1.165) is 0 Å². The van der Waals surface area contributed by atoms with Crippen molar-refractivity contribution in [3.05, 3.63) is 17.9 Å². The molecular formula is C14H24N2O4S. The first kappa shape index (κ1) is 16.5. The molecule has 1 aliphatic rings. The second-order valence-corrected chi connectivity index (χ2v) is 8.06. The average Bonchev–Trinajstić information content (AvgIpc) is 2.96. The van der Waals surface area contributed by atoms with Crippen LogP contribution in [0, 0.1) is 0 Å². The third-order valence-corrected chi connectivity index (χ3v) is 4.74. The molecule has 0 amide bonds. The van der Waals surface area contributed by atoms with Gasteiger partial charge in [0.1, 0.15) is 5.76 Å². The van der Waals surface area contributed by atoms with Crippen molar-refractivity contribution in [3.8, 4) is 0 Å². The second kappa shape index (κ2) is 6.08. The molecule has 120 valence electrons. The van der Waals surface area contributed by atoms with Gasteiger partial charge in [0, 0.05) is 12.1 Å². The fourth-order valence-corrected chi connectivity index (χ4v) is 3.38. The molecule has 0 radical (unpaired) electrons. The molecular weight excluding hydrogens is 292 g/mol. The molecule has 0 saturated carbocycles. The minimum atomic E-state index is -3.63. The predicted molar refractivity (Wildman–Crippen MR) is 79.4 cm³/mol. The molecule has 2 heterocycles. The van der Waals surface area contributed by atoms with Crippen molar-refractivity contribution >= 4 is 10.0 Å². The molecule has 1 saturated heterocycles. The highest BCUT2D eigenvalue weighted by Gasteiger charge is 2.30. The lowest BCUT2D eigenvalue weighted by Gasteiger charge is -2.19. The molecule has 2 atom stereocenters. The lowest BCUT2D eigenvalue weighted by molar-refractivity contribution is 0.116. The van der Waals surface area contributed by atoms with Crippen molar-refractivity contribution in [1.29, 1.82) is 0 Å². The Kier molecular flexibility index (Phi) is 4.77. The van der Waals surface area contributed by atoms with Gasteiger partial charge in [0.25, 0.3) is 10.0 Å². The van der Waals surface area contributed by atoms with Crippen LogP contribution >= 0.6 is 0 Å². The van der Waals surface area contributed by atoms with Crippen LogP contribution in [0.15, 0.2) is 21.6 Å². The Morgan fingerprint density at radius 2 is 2.05 bits per heavy atom. The molecule has 1 aromatic rings. The number of nitrogens with one attached hydrogen (secondary N) is 2. The Hall–Kier alpha value is -0.890. The SMILES string of the molecule is CC1OCCC1NS(=O)(=O)c1ccc(CNC(C)(C)C)o1. The summed E-state index contributed by atoms with van der Waals surface area (Å²) in [6.07, 6.45) is 0.566. The third kappa shape index (κ3) is 4.54. The molecule has 1 aromatic heterocycles. The monoisotopic (exact) mass is 316 g/mol. The Morgan fingerprint density at radius 1 is 1.33 bits per heavy atom. The van der Waals surface area contributed by atoms with E-state index in [2.05, 4.69) is 10.0 Å². The zero-order valence-electron chi connectivity index (χ0n) is 13.0. The zero-order chi connectivity index (χ0) is 15.7. The van der Waals surface area contributed by atoms with E-state index in [9.17, 15) is 8.42 Å². The van der Waals surface area contributed by atoms with Gasteiger partial charge in [-0.25, -0.2) is 13.1 Å². The summed E-state index contributed by atoms with van der Waals surface area (Å²) >= 11 is 0. The third-order valence-electron chi connectivity index (χ3n) is 3.38. The van der Waals surface area contributed by atoms with Gasteiger partial charge < -0.3 is 14.5 Å². The van der Waals surface area contributed by atoms with E-state index in [1.54, 1.807) is 6.07 Å². The minimum Gasteiger partial charge on any atom is -0.447 e.